The fourth-order valence-electron chi connectivity index (χ4n) is 7.67. The minimum Gasteiger partial charge on any atom is -0.437 e. The summed E-state index contributed by atoms with van der Waals surface area (Å²) < 4.78 is 11.0. The molecule has 0 saturated carbocycles. The highest BCUT2D eigenvalue weighted by molar-refractivity contribution is 6.19. The Labute approximate surface area is 279 Å². The first-order valence-corrected chi connectivity index (χ1v) is 16.4. The number of aromatic nitrogens is 5. The van der Waals surface area contributed by atoms with Crippen LogP contribution in [0.4, 0.5) is 0 Å². The molecule has 0 fully saturated rings. The van der Waals surface area contributed by atoms with E-state index in [1.165, 1.54) is 10.8 Å². The molecule has 228 valence electrons. The van der Waals surface area contributed by atoms with Crippen LogP contribution in [0.15, 0.2) is 156 Å². The van der Waals surface area contributed by atoms with Gasteiger partial charge < -0.3 is 8.98 Å². The van der Waals surface area contributed by atoms with Crippen LogP contribution in [0.2, 0.25) is 0 Å². The number of furan rings is 1. The van der Waals surface area contributed by atoms with Gasteiger partial charge in [-0.2, -0.15) is 4.98 Å². The molecule has 6 aromatic carbocycles. The minimum atomic E-state index is 0.564. The molecule has 0 aliphatic carbocycles. The summed E-state index contributed by atoms with van der Waals surface area (Å²) in [6.07, 6.45) is 3.73. The normalized spacial score (nSPS) is 12.1. The predicted molar refractivity (Wildman–Crippen MR) is 199 cm³/mol. The molecule has 0 aliphatic heterocycles. The van der Waals surface area contributed by atoms with Crippen molar-refractivity contribution in [1.29, 1.82) is 0 Å². The summed E-state index contributed by atoms with van der Waals surface area (Å²) in [7, 11) is 0. The van der Waals surface area contributed by atoms with Gasteiger partial charge in [-0.25, -0.2) is 4.98 Å². The van der Waals surface area contributed by atoms with Crippen LogP contribution in [0.3, 0.4) is 0 Å². The van der Waals surface area contributed by atoms with Crippen molar-refractivity contribution < 1.29 is 4.42 Å². The van der Waals surface area contributed by atoms with E-state index in [4.69, 9.17) is 14.4 Å². The van der Waals surface area contributed by atoms with Gasteiger partial charge in [0.25, 0.3) is 0 Å². The maximum Gasteiger partial charge on any atom is 0.238 e. The van der Waals surface area contributed by atoms with Crippen molar-refractivity contribution in [3.8, 4) is 22.9 Å². The third-order valence-electron chi connectivity index (χ3n) is 9.82. The number of para-hydroxylation sites is 3. The van der Waals surface area contributed by atoms with Gasteiger partial charge in [-0.15, -0.1) is 0 Å². The quantitative estimate of drug-likeness (QED) is 0.196. The fraction of sp³-hybridized carbons (Fsp3) is 0. The smallest absolute Gasteiger partial charge is 0.238 e. The standard InChI is InChI=1S/C43H25N5O/c1-2-11-27-22-28(20-19-26(27)10-1)41-40-32-15-5-8-18-39(32)49-42(40)46-43(45-41)48-36-17-7-4-14-31(36)34-23-37-33(24-38(34)48)30-13-3-6-16-35(30)47(37)29-12-9-21-44-25-29/h1-25H. The van der Waals surface area contributed by atoms with E-state index in [0.717, 1.165) is 76.9 Å². The molecule has 0 bridgehead atoms. The third kappa shape index (κ3) is 3.74. The predicted octanol–water partition coefficient (Wildman–Crippen LogP) is 10.8. The largest absolute Gasteiger partial charge is 0.437 e. The van der Waals surface area contributed by atoms with E-state index in [-0.39, 0.29) is 0 Å². The van der Waals surface area contributed by atoms with Crippen LogP contribution in [-0.2, 0) is 0 Å². The van der Waals surface area contributed by atoms with Crippen molar-refractivity contribution in [2.45, 2.75) is 0 Å². The summed E-state index contributed by atoms with van der Waals surface area (Å²) in [4.78, 5) is 15.0. The number of hydrogen-bond donors (Lipinski definition) is 0. The van der Waals surface area contributed by atoms with E-state index in [2.05, 4.69) is 129 Å². The number of fused-ring (bicyclic) bond motifs is 10. The highest BCUT2D eigenvalue weighted by Crippen LogP contribution is 2.41. The Morgan fingerprint density at radius 2 is 1.16 bits per heavy atom. The molecule has 0 saturated heterocycles. The van der Waals surface area contributed by atoms with Crippen molar-refractivity contribution in [3.63, 3.8) is 0 Å². The van der Waals surface area contributed by atoms with E-state index in [1.54, 1.807) is 0 Å². The molecule has 11 rings (SSSR count). The first-order valence-electron chi connectivity index (χ1n) is 16.4. The molecule has 11 aromatic rings. The van der Waals surface area contributed by atoms with Crippen molar-refractivity contribution in [1.82, 2.24) is 24.1 Å². The molecule has 5 aromatic heterocycles. The van der Waals surface area contributed by atoms with Crippen LogP contribution >= 0.6 is 0 Å². The van der Waals surface area contributed by atoms with Crippen molar-refractivity contribution in [2.24, 2.45) is 0 Å². The first-order chi connectivity index (χ1) is 24.3. The highest BCUT2D eigenvalue weighted by atomic mass is 16.3. The van der Waals surface area contributed by atoms with Crippen molar-refractivity contribution in [3.05, 3.63) is 152 Å². The van der Waals surface area contributed by atoms with Gasteiger partial charge >= 0.3 is 0 Å². The number of pyridine rings is 1. The molecular formula is C43H25N5O. The molecule has 0 spiro atoms. The lowest BCUT2D eigenvalue weighted by Gasteiger charge is -2.10. The number of benzene rings is 6. The molecular weight excluding hydrogens is 603 g/mol. The van der Waals surface area contributed by atoms with Gasteiger partial charge in [-0.05, 0) is 59.3 Å². The molecule has 0 unspecified atom stereocenters. The maximum absolute atomic E-state index is 6.47. The SMILES string of the molecule is c1cncc(-n2c3ccccc3c3cc4c(cc32)c2ccccc2n4-c2nc(-c3ccc4ccccc4c3)c3c(n2)oc2ccccc23)c1. The Bertz CT molecular complexity index is 3110. The van der Waals surface area contributed by atoms with Gasteiger partial charge in [0.15, 0.2) is 0 Å². The van der Waals surface area contributed by atoms with E-state index < -0.39 is 0 Å². The van der Waals surface area contributed by atoms with Crippen molar-refractivity contribution >= 4 is 76.5 Å². The summed E-state index contributed by atoms with van der Waals surface area (Å²) in [5.74, 6) is 0.566. The topological polar surface area (TPSA) is 61.7 Å². The molecule has 0 radical (unpaired) electrons. The van der Waals surface area contributed by atoms with Crippen LogP contribution < -0.4 is 0 Å². The zero-order valence-corrected chi connectivity index (χ0v) is 26.1. The molecule has 0 atom stereocenters. The summed E-state index contributed by atoms with van der Waals surface area (Å²) in [6, 6.07) is 48.8. The third-order valence-corrected chi connectivity index (χ3v) is 9.82. The monoisotopic (exact) mass is 627 g/mol. The van der Waals surface area contributed by atoms with Crippen molar-refractivity contribution in [2.75, 3.05) is 0 Å². The van der Waals surface area contributed by atoms with Gasteiger partial charge in [-0.3, -0.25) is 9.55 Å². The summed E-state index contributed by atoms with van der Waals surface area (Å²) in [5.41, 5.74) is 8.55. The van der Waals surface area contributed by atoms with E-state index in [9.17, 15) is 0 Å². The lowest BCUT2D eigenvalue weighted by Crippen LogP contribution is -2.03. The Hall–Kier alpha value is -6.79. The summed E-state index contributed by atoms with van der Waals surface area (Å²) in [5, 5.41) is 8.83. The maximum atomic E-state index is 6.47. The second-order valence-corrected chi connectivity index (χ2v) is 12.5. The van der Waals surface area contributed by atoms with Gasteiger partial charge in [0, 0.05) is 38.7 Å². The average Bonchev–Trinajstić information content (AvgIpc) is 3.81. The lowest BCUT2D eigenvalue weighted by atomic mass is 10.0. The Morgan fingerprint density at radius 3 is 1.94 bits per heavy atom. The second-order valence-electron chi connectivity index (χ2n) is 12.5. The van der Waals surface area contributed by atoms with Gasteiger partial charge in [0.05, 0.1) is 45.0 Å². The average molecular weight is 628 g/mol. The van der Waals surface area contributed by atoms with E-state index in [1.807, 2.05) is 36.7 Å². The lowest BCUT2D eigenvalue weighted by molar-refractivity contribution is 0.651. The number of hydrogen-bond acceptors (Lipinski definition) is 4. The van der Waals surface area contributed by atoms with E-state index in [0.29, 0.717) is 11.7 Å². The fourth-order valence-corrected chi connectivity index (χ4v) is 7.67. The number of rotatable bonds is 3. The zero-order valence-electron chi connectivity index (χ0n) is 26.1. The van der Waals surface area contributed by atoms with E-state index >= 15 is 0 Å². The summed E-state index contributed by atoms with van der Waals surface area (Å²) >= 11 is 0. The molecule has 6 heteroatoms. The van der Waals surface area contributed by atoms with Crippen LogP contribution in [0.1, 0.15) is 0 Å². The zero-order chi connectivity index (χ0) is 32.1. The van der Waals surface area contributed by atoms with Gasteiger partial charge in [0.1, 0.15) is 5.58 Å². The van der Waals surface area contributed by atoms with Crippen LogP contribution in [0, 0.1) is 0 Å². The Kier molecular flexibility index (Phi) is 5.29. The molecule has 5 heterocycles. The van der Waals surface area contributed by atoms with Crippen LogP contribution in [0.25, 0.3) is 99.3 Å². The molecule has 0 amide bonds. The van der Waals surface area contributed by atoms with Crippen LogP contribution in [-0.4, -0.2) is 24.1 Å². The molecule has 0 aliphatic rings. The minimum absolute atomic E-state index is 0.564. The summed E-state index contributed by atoms with van der Waals surface area (Å²) in [6.45, 7) is 0. The highest BCUT2D eigenvalue weighted by Gasteiger charge is 2.23. The molecule has 0 N–H and O–H groups in total. The molecule has 6 nitrogen and oxygen atoms in total. The Morgan fingerprint density at radius 1 is 0.490 bits per heavy atom. The van der Waals surface area contributed by atoms with Crippen LogP contribution in [0.5, 0.6) is 0 Å². The first kappa shape index (κ1) is 26.3. The van der Waals surface area contributed by atoms with Gasteiger partial charge in [-0.1, -0.05) is 91.0 Å². The molecule has 49 heavy (non-hydrogen) atoms. The second kappa shape index (κ2) is 9.86. The van der Waals surface area contributed by atoms with Gasteiger partial charge in [0.2, 0.25) is 11.7 Å². The Balaban J connectivity index is 1.27. The number of nitrogens with zero attached hydrogens (tertiary/aromatic N) is 5.